The van der Waals surface area contributed by atoms with Gasteiger partial charge in [0.05, 0.1) is 33.1 Å². The van der Waals surface area contributed by atoms with Crippen molar-refractivity contribution < 1.29 is 41.9 Å². The molecule has 0 saturated heterocycles. The minimum Gasteiger partial charge on any atom is -0.433 e. The molecule has 1 heterocycles. The summed E-state index contributed by atoms with van der Waals surface area (Å²) in [7, 11) is -3.71. The van der Waals surface area contributed by atoms with Crippen LogP contribution in [0.2, 0.25) is 0 Å². The molecule has 2 aromatic rings. The summed E-state index contributed by atoms with van der Waals surface area (Å²) in [4.78, 5) is 35.9. The molecule has 0 amide bonds. The molecule has 0 radical (unpaired) electrons. The minimum absolute atomic E-state index is 0.0128. The SMILES string of the molecule is CC1=C(OC(=O)OCCS(=O)(=O)c2ccccc2)C(c2cccc([N+](=O)[O-])c2)C(OC(=O)OC(C)C)=C(C)N1. The summed E-state index contributed by atoms with van der Waals surface area (Å²) in [5.74, 6) is -1.64. The molecule has 39 heavy (non-hydrogen) atoms. The second-order valence-corrected chi connectivity index (χ2v) is 10.8. The van der Waals surface area contributed by atoms with Gasteiger partial charge in [-0.05, 0) is 45.4 Å². The number of allylic oxidation sites excluding steroid dienone is 2. The first kappa shape index (κ1) is 29.2. The number of carbonyl (C=O) groups excluding carboxylic acids is 2. The number of hydrogen-bond acceptors (Lipinski definition) is 11. The zero-order valence-electron chi connectivity index (χ0n) is 21.7. The van der Waals surface area contributed by atoms with Gasteiger partial charge in [0.25, 0.3) is 5.69 Å². The normalized spacial score (nSPS) is 15.5. The average molecular weight is 561 g/mol. The number of sulfone groups is 1. The van der Waals surface area contributed by atoms with Gasteiger partial charge in [0.15, 0.2) is 9.84 Å². The van der Waals surface area contributed by atoms with E-state index in [2.05, 4.69) is 5.32 Å². The average Bonchev–Trinajstić information content (AvgIpc) is 2.87. The van der Waals surface area contributed by atoms with Crippen LogP contribution in [0.4, 0.5) is 15.3 Å². The molecule has 12 nitrogen and oxygen atoms in total. The Morgan fingerprint density at radius 2 is 1.59 bits per heavy atom. The summed E-state index contributed by atoms with van der Waals surface area (Å²) >= 11 is 0. The summed E-state index contributed by atoms with van der Waals surface area (Å²) in [5.41, 5.74) is 0.756. The number of dihydropyridines is 1. The summed E-state index contributed by atoms with van der Waals surface area (Å²) in [5, 5.41) is 14.4. The highest BCUT2D eigenvalue weighted by atomic mass is 32.2. The molecule has 1 unspecified atom stereocenters. The molecular formula is C26H28N2O10S. The van der Waals surface area contributed by atoms with Crippen LogP contribution in [0.25, 0.3) is 0 Å². The fourth-order valence-corrected chi connectivity index (χ4v) is 4.86. The van der Waals surface area contributed by atoms with Gasteiger partial charge in [0.1, 0.15) is 24.0 Å². The fourth-order valence-electron chi connectivity index (χ4n) is 3.75. The van der Waals surface area contributed by atoms with Crippen LogP contribution in [-0.4, -0.2) is 44.1 Å². The van der Waals surface area contributed by atoms with Gasteiger partial charge >= 0.3 is 12.3 Å². The molecule has 1 aliphatic heterocycles. The molecular weight excluding hydrogens is 532 g/mol. The van der Waals surface area contributed by atoms with Gasteiger partial charge in [-0.1, -0.05) is 30.3 Å². The van der Waals surface area contributed by atoms with E-state index >= 15 is 0 Å². The molecule has 2 aromatic carbocycles. The number of ether oxygens (including phenoxy) is 4. The molecule has 0 bridgehead atoms. The number of nitrogens with one attached hydrogen (secondary N) is 1. The molecule has 208 valence electrons. The van der Waals surface area contributed by atoms with Gasteiger partial charge in [0.2, 0.25) is 0 Å². The van der Waals surface area contributed by atoms with Crippen molar-refractivity contribution in [1.29, 1.82) is 0 Å². The van der Waals surface area contributed by atoms with Crippen molar-refractivity contribution >= 4 is 27.8 Å². The fraction of sp³-hybridized carbons (Fsp3) is 0.308. The second kappa shape index (κ2) is 12.4. The smallest absolute Gasteiger partial charge is 0.433 e. The predicted octanol–water partition coefficient (Wildman–Crippen LogP) is 4.93. The maximum atomic E-state index is 12.6. The Balaban J connectivity index is 1.86. The van der Waals surface area contributed by atoms with Crippen LogP contribution < -0.4 is 5.32 Å². The van der Waals surface area contributed by atoms with Crippen molar-refractivity contribution in [3.63, 3.8) is 0 Å². The van der Waals surface area contributed by atoms with E-state index in [9.17, 15) is 28.1 Å². The lowest BCUT2D eigenvalue weighted by Crippen LogP contribution is -2.30. The first-order chi connectivity index (χ1) is 18.4. The number of hydrogen-bond donors (Lipinski definition) is 1. The molecule has 0 aromatic heterocycles. The lowest BCUT2D eigenvalue weighted by atomic mass is 9.90. The molecule has 0 fully saturated rings. The lowest BCUT2D eigenvalue weighted by Gasteiger charge is -2.30. The molecule has 0 spiro atoms. The van der Waals surface area contributed by atoms with Crippen LogP contribution in [0.15, 0.2) is 82.4 Å². The molecule has 3 rings (SSSR count). The quantitative estimate of drug-likeness (QED) is 0.251. The largest absolute Gasteiger partial charge is 0.513 e. The van der Waals surface area contributed by atoms with Gasteiger partial charge in [-0.15, -0.1) is 0 Å². The minimum atomic E-state index is -3.71. The number of non-ortho nitro benzene ring substituents is 1. The van der Waals surface area contributed by atoms with Gasteiger partial charge in [-0.2, -0.15) is 0 Å². The third-order valence-electron chi connectivity index (χ3n) is 5.45. The third-order valence-corrected chi connectivity index (χ3v) is 7.14. The molecule has 1 atom stereocenters. The highest BCUT2D eigenvalue weighted by Gasteiger charge is 2.36. The first-order valence-electron chi connectivity index (χ1n) is 11.8. The van der Waals surface area contributed by atoms with Crippen LogP contribution in [0.5, 0.6) is 0 Å². The Bertz CT molecular complexity index is 1420. The second-order valence-electron chi connectivity index (χ2n) is 8.74. The molecule has 0 saturated carbocycles. The van der Waals surface area contributed by atoms with Crippen molar-refractivity contribution in [3.05, 3.63) is 93.2 Å². The van der Waals surface area contributed by atoms with E-state index in [1.165, 1.54) is 30.3 Å². The van der Waals surface area contributed by atoms with Gasteiger partial charge in [-0.25, -0.2) is 18.0 Å². The molecule has 13 heteroatoms. The Morgan fingerprint density at radius 1 is 0.974 bits per heavy atom. The standard InChI is InChI=1S/C26H28N2O10S/c1-16(2)36-26(30)38-24-18(4)27-17(3)23(22(24)19-9-8-10-20(15-19)28(31)32)37-25(29)35-13-14-39(33,34)21-11-6-5-7-12-21/h5-12,15-16,22,27H,13-14H2,1-4H3. The van der Waals surface area contributed by atoms with Gasteiger partial charge < -0.3 is 24.3 Å². The van der Waals surface area contributed by atoms with Crippen LogP contribution in [0.3, 0.4) is 0 Å². The molecule has 1 N–H and O–H groups in total. The van der Waals surface area contributed by atoms with E-state index in [4.69, 9.17) is 18.9 Å². The van der Waals surface area contributed by atoms with Crippen LogP contribution in [0.1, 0.15) is 39.2 Å². The Kier molecular flexibility index (Phi) is 9.30. The number of nitrogens with zero attached hydrogens (tertiary/aromatic N) is 1. The summed E-state index contributed by atoms with van der Waals surface area (Å²) in [6.45, 7) is 5.96. The number of nitro groups is 1. The van der Waals surface area contributed by atoms with Crippen LogP contribution >= 0.6 is 0 Å². The van der Waals surface area contributed by atoms with Gasteiger partial charge in [-0.3, -0.25) is 10.1 Å². The zero-order chi connectivity index (χ0) is 28.7. The highest BCUT2D eigenvalue weighted by molar-refractivity contribution is 7.91. The Hall–Kier alpha value is -4.39. The van der Waals surface area contributed by atoms with E-state index in [-0.39, 0.29) is 27.7 Å². The monoisotopic (exact) mass is 560 g/mol. The number of benzene rings is 2. The number of carbonyl (C=O) groups is 2. The van der Waals surface area contributed by atoms with E-state index in [1.54, 1.807) is 52.0 Å². The van der Waals surface area contributed by atoms with Crippen molar-refractivity contribution in [2.24, 2.45) is 0 Å². The van der Waals surface area contributed by atoms with E-state index < -0.39 is 51.5 Å². The molecule has 0 aliphatic carbocycles. The van der Waals surface area contributed by atoms with Crippen molar-refractivity contribution in [3.8, 4) is 0 Å². The topological polar surface area (TPSA) is 160 Å². The first-order valence-corrected chi connectivity index (χ1v) is 13.5. The predicted molar refractivity (Wildman–Crippen MR) is 138 cm³/mol. The van der Waals surface area contributed by atoms with Crippen molar-refractivity contribution in [2.45, 2.75) is 44.6 Å². The lowest BCUT2D eigenvalue weighted by molar-refractivity contribution is -0.384. The maximum absolute atomic E-state index is 12.6. The summed E-state index contributed by atoms with van der Waals surface area (Å²) in [6.07, 6.45) is -2.72. The van der Waals surface area contributed by atoms with Crippen molar-refractivity contribution in [2.75, 3.05) is 12.4 Å². The molecule has 1 aliphatic rings. The van der Waals surface area contributed by atoms with Crippen molar-refractivity contribution in [1.82, 2.24) is 5.32 Å². The number of nitro benzene ring substituents is 1. The highest BCUT2D eigenvalue weighted by Crippen LogP contribution is 2.40. The van der Waals surface area contributed by atoms with Crippen LogP contribution in [0, 0.1) is 10.1 Å². The summed E-state index contributed by atoms with van der Waals surface area (Å²) in [6, 6.07) is 13.2. The van der Waals surface area contributed by atoms with E-state index in [0.29, 0.717) is 11.4 Å². The van der Waals surface area contributed by atoms with Crippen LogP contribution in [-0.2, 0) is 28.8 Å². The summed E-state index contributed by atoms with van der Waals surface area (Å²) < 4.78 is 46.0. The van der Waals surface area contributed by atoms with E-state index in [0.717, 1.165) is 0 Å². The van der Waals surface area contributed by atoms with E-state index in [1.807, 2.05) is 0 Å². The Morgan fingerprint density at radius 3 is 2.18 bits per heavy atom. The maximum Gasteiger partial charge on any atom is 0.513 e. The third kappa shape index (κ3) is 7.57. The zero-order valence-corrected chi connectivity index (χ0v) is 22.5. The van der Waals surface area contributed by atoms with Gasteiger partial charge in [0, 0.05) is 12.1 Å². The number of rotatable bonds is 9. The Labute approximate surface area is 225 Å².